The van der Waals surface area contributed by atoms with E-state index in [4.69, 9.17) is 0 Å². The third kappa shape index (κ3) is 3.52. The van der Waals surface area contributed by atoms with Gasteiger partial charge in [-0.3, -0.25) is 0 Å². The Balaban J connectivity index is 0.00000220. The molecule has 21 heavy (non-hydrogen) atoms. The molecule has 1 saturated heterocycles. The van der Waals surface area contributed by atoms with Crippen LogP contribution in [0.2, 0.25) is 0 Å². The van der Waals surface area contributed by atoms with E-state index >= 15 is 0 Å². The van der Waals surface area contributed by atoms with Gasteiger partial charge in [-0.15, -0.1) is 12.4 Å². The summed E-state index contributed by atoms with van der Waals surface area (Å²) in [7, 11) is 0. The average molecular weight is 336 g/mol. The molecule has 1 N–H and O–H groups in total. The van der Waals surface area contributed by atoms with Crippen molar-refractivity contribution >= 4 is 18.5 Å². The highest BCUT2D eigenvalue weighted by molar-refractivity contribution is 5.85. The first-order valence-corrected chi connectivity index (χ1v) is 5.29. The van der Waals surface area contributed by atoms with E-state index in [0.29, 0.717) is 12.1 Å². The first-order valence-electron chi connectivity index (χ1n) is 5.29. The predicted octanol–water partition coefficient (Wildman–Crippen LogP) is 3.68. The van der Waals surface area contributed by atoms with E-state index in [1.807, 2.05) is 0 Å². The van der Waals surface area contributed by atoms with Gasteiger partial charge in [0.25, 0.3) is 0 Å². The molecule has 1 fully saturated rings. The molecule has 0 saturated carbocycles. The Bertz CT molecular complexity index is 548. The van der Waals surface area contributed by atoms with Crippen LogP contribution in [0, 0.1) is 5.82 Å². The summed E-state index contributed by atoms with van der Waals surface area (Å²) in [6.07, 6.45) is -6.06. The van der Waals surface area contributed by atoms with Gasteiger partial charge in [-0.2, -0.15) is 13.2 Å². The first kappa shape index (κ1) is 17.4. The van der Waals surface area contributed by atoms with Gasteiger partial charge < -0.3 is 10.1 Å². The highest BCUT2D eigenvalue weighted by atomic mass is 35.5. The van der Waals surface area contributed by atoms with Gasteiger partial charge in [-0.25, -0.2) is 18.0 Å². The van der Waals surface area contributed by atoms with Gasteiger partial charge in [0.15, 0.2) is 6.61 Å². The maximum absolute atomic E-state index is 13.5. The third-order valence-corrected chi connectivity index (χ3v) is 2.71. The Morgan fingerprint density at radius 3 is 2.48 bits per heavy atom. The van der Waals surface area contributed by atoms with Crippen molar-refractivity contribution in [2.75, 3.05) is 6.61 Å². The molecule has 1 amide bonds. The number of carbonyl (C=O) groups is 1. The summed E-state index contributed by atoms with van der Waals surface area (Å²) in [5, 5.41) is 1.62. The second-order valence-corrected chi connectivity index (χ2v) is 4.15. The summed E-state index contributed by atoms with van der Waals surface area (Å²) in [5.41, 5.74) is -2.23. The Morgan fingerprint density at radius 2 is 1.90 bits per heavy atom. The van der Waals surface area contributed by atoms with Crippen LogP contribution in [0.5, 0.6) is 0 Å². The smallest absolute Gasteiger partial charge is 0.416 e. The van der Waals surface area contributed by atoms with E-state index in [2.05, 4.69) is 4.74 Å². The molecule has 1 atom stereocenters. The molecule has 1 aliphatic heterocycles. The van der Waals surface area contributed by atoms with Gasteiger partial charge in [0.05, 0.1) is 5.56 Å². The van der Waals surface area contributed by atoms with Crippen molar-refractivity contribution < 1.29 is 35.9 Å². The van der Waals surface area contributed by atoms with Crippen LogP contribution in [-0.4, -0.2) is 18.6 Å². The van der Waals surface area contributed by atoms with E-state index < -0.39 is 47.8 Å². The molecule has 0 bridgehead atoms. The topological polar surface area (TPSA) is 38.3 Å². The van der Waals surface area contributed by atoms with Crippen molar-refractivity contribution in [2.45, 2.75) is 18.1 Å². The number of alkyl carbamates (subject to hydrolysis) is 1. The summed E-state index contributed by atoms with van der Waals surface area (Å²) in [6, 6.07) is -1.11. The zero-order chi connectivity index (χ0) is 15.1. The fourth-order valence-electron chi connectivity index (χ4n) is 1.76. The number of halogens is 7. The summed E-state index contributed by atoms with van der Waals surface area (Å²) in [6.45, 7) is -1.33. The van der Waals surface area contributed by atoms with Crippen LogP contribution in [0.15, 0.2) is 18.2 Å². The molecule has 3 nitrogen and oxygen atoms in total. The van der Waals surface area contributed by atoms with Crippen LogP contribution in [-0.2, 0) is 10.9 Å². The molecular formula is C11H8ClF6NO2. The normalized spacial score (nSPS) is 21.0. The Morgan fingerprint density at radius 1 is 1.29 bits per heavy atom. The predicted molar refractivity (Wildman–Crippen MR) is 60.8 cm³/mol. The molecule has 0 aliphatic carbocycles. The van der Waals surface area contributed by atoms with Gasteiger partial charge in [0.2, 0.25) is 0 Å². The van der Waals surface area contributed by atoms with Crippen LogP contribution >= 0.6 is 12.4 Å². The highest BCUT2D eigenvalue weighted by Crippen LogP contribution is 2.38. The number of nitrogens with one attached hydrogen (secondary N) is 1. The molecule has 118 valence electrons. The van der Waals surface area contributed by atoms with Crippen LogP contribution < -0.4 is 5.32 Å². The van der Waals surface area contributed by atoms with Crippen LogP contribution in [0.25, 0.3) is 0 Å². The lowest BCUT2D eigenvalue weighted by Crippen LogP contribution is -2.50. The van der Waals surface area contributed by atoms with Crippen LogP contribution in [0.3, 0.4) is 0 Å². The maximum atomic E-state index is 13.5. The molecule has 0 spiro atoms. The standard InChI is InChI=1S/C11H7F6NO2.ClH/c12-7-2-1-5(11(15,16)17)3-6(7)8-10(13,14)4-20-9(19)18-8;/h1-3,8H,4H2,(H,18,19);1H/t8-;/m0./s1. The molecule has 1 aromatic carbocycles. The monoisotopic (exact) mass is 335 g/mol. The van der Waals surface area contributed by atoms with Gasteiger partial charge in [-0.05, 0) is 18.2 Å². The number of alkyl halides is 5. The second-order valence-electron chi connectivity index (χ2n) is 4.15. The summed E-state index contributed by atoms with van der Waals surface area (Å²) in [4.78, 5) is 10.9. The largest absolute Gasteiger partial charge is 0.443 e. The summed E-state index contributed by atoms with van der Waals surface area (Å²) >= 11 is 0. The number of rotatable bonds is 1. The lowest BCUT2D eigenvalue weighted by Gasteiger charge is -2.32. The summed E-state index contributed by atoms with van der Waals surface area (Å²) < 4.78 is 82.2. The lowest BCUT2D eigenvalue weighted by atomic mass is 9.97. The minimum atomic E-state index is -4.81. The molecule has 0 radical (unpaired) electrons. The molecule has 0 aromatic heterocycles. The van der Waals surface area contributed by atoms with E-state index in [0.717, 1.165) is 0 Å². The number of cyclic esters (lactones) is 1. The first-order chi connectivity index (χ1) is 9.11. The van der Waals surface area contributed by atoms with Crippen LogP contribution in [0.1, 0.15) is 17.2 Å². The Kier molecular flexibility index (Phi) is 4.66. The van der Waals surface area contributed by atoms with E-state index in [1.54, 1.807) is 5.32 Å². The SMILES string of the molecule is Cl.O=C1N[C@@H](c2cc(C(F)(F)F)ccc2F)C(F)(F)CO1. The van der Waals surface area contributed by atoms with Gasteiger partial charge in [-0.1, -0.05) is 0 Å². The second kappa shape index (κ2) is 5.63. The van der Waals surface area contributed by atoms with Crippen molar-refractivity contribution in [2.24, 2.45) is 0 Å². The quantitative estimate of drug-likeness (QED) is 0.795. The minimum Gasteiger partial charge on any atom is -0.443 e. The number of benzene rings is 1. The minimum absolute atomic E-state index is 0. The molecular weight excluding hydrogens is 328 g/mol. The lowest BCUT2D eigenvalue weighted by molar-refractivity contribution is -0.138. The number of ether oxygens (including phenoxy) is 1. The number of amides is 1. The van der Waals surface area contributed by atoms with Gasteiger partial charge >= 0.3 is 18.2 Å². The fraction of sp³-hybridized carbons (Fsp3) is 0.364. The zero-order valence-corrected chi connectivity index (χ0v) is 10.8. The van der Waals surface area contributed by atoms with E-state index in [1.165, 1.54) is 0 Å². The number of hydrogen-bond donors (Lipinski definition) is 1. The molecule has 1 heterocycles. The average Bonchev–Trinajstić information content (AvgIpc) is 2.32. The molecule has 1 aliphatic rings. The molecule has 0 unspecified atom stereocenters. The number of hydrogen-bond acceptors (Lipinski definition) is 2. The maximum Gasteiger partial charge on any atom is 0.416 e. The van der Waals surface area contributed by atoms with Gasteiger partial charge in [0.1, 0.15) is 11.9 Å². The van der Waals surface area contributed by atoms with Gasteiger partial charge in [0, 0.05) is 5.56 Å². The van der Waals surface area contributed by atoms with Crippen molar-refractivity contribution in [3.8, 4) is 0 Å². The molecule has 2 rings (SSSR count). The molecule has 1 aromatic rings. The van der Waals surface area contributed by atoms with E-state index in [-0.39, 0.29) is 18.5 Å². The van der Waals surface area contributed by atoms with Crippen LogP contribution in [0.4, 0.5) is 31.1 Å². The van der Waals surface area contributed by atoms with Crippen molar-refractivity contribution in [3.63, 3.8) is 0 Å². The van der Waals surface area contributed by atoms with Crippen molar-refractivity contribution in [3.05, 3.63) is 35.1 Å². The summed E-state index contributed by atoms with van der Waals surface area (Å²) in [5.74, 6) is -5.00. The van der Waals surface area contributed by atoms with Crippen molar-refractivity contribution in [1.82, 2.24) is 5.32 Å². The molecule has 10 heteroatoms. The number of carbonyl (C=O) groups excluding carboxylic acids is 1. The Labute approximate surface area is 120 Å². The fourth-order valence-corrected chi connectivity index (χ4v) is 1.76. The zero-order valence-electron chi connectivity index (χ0n) is 10.0. The van der Waals surface area contributed by atoms with E-state index in [9.17, 15) is 31.1 Å². The van der Waals surface area contributed by atoms with Crippen molar-refractivity contribution in [1.29, 1.82) is 0 Å². The highest BCUT2D eigenvalue weighted by Gasteiger charge is 2.48. The Hall–Kier alpha value is -1.64. The third-order valence-electron chi connectivity index (χ3n) is 2.71.